The van der Waals surface area contributed by atoms with E-state index in [0.717, 1.165) is 52.4 Å². The van der Waals surface area contributed by atoms with E-state index in [1.54, 1.807) is 14.2 Å². The molecule has 1 N–H and O–H groups in total. The van der Waals surface area contributed by atoms with Gasteiger partial charge in [0.15, 0.2) is 0 Å². The van der Waals surface area contributed by atoms with Gasteiger partial charge in [-0.2, -0.15) is 0 Å². The van der Waals surface area contributed by atoms with E-state index < -0.39 is 0 Å². The molecule has 4 heteroatoms. The highest BCUT2D eigenvalue weighted by atomic mass is 16.5. The largest absolute Gasteiger partial charge is 0.385 e. The predicted molar refractivity (Wildman–Crippen MR) is 87.5 cm³/mol. The molecule has 4 nitrogen and oxygen atoms in total. The maximum atomic E-state index is 5.23. The van der Waals surface area contributed by atoms with Crippen LogP contribution in [0.15, 0.2) is 24.3 Å². The summed E-state index contributed by atoms with van der Waals surface area (Å²) in [5.41, 5.74) is 2.78. The minimum Gasteiger partial charge on any atom is -0.385 e. The van der Waals surface area contributed by atoms with Crippen molar-refractivity contribution in [2.45, 2.75) is 26.4 Å². The van der Waals surface area contributed by atoms with Crippen molar-refractivity contribution in [2.75, 3.05) is 47.1 Å². The topological polar surface area (TPSA) is 33.7 Å². The molecule has 120 valence electrons. The SMILES string of the molecule is CCNCc1ccccc1CN(CCCOC)CCOC. The molecule has 0 aliphatic heterocycles. The van der Waals surface area contributed by atoms with E-state index in [9.17, 15) is 0 Å². The van der Waals surface area contributed by atoms with Crippen LogP contribution in [0.4, 0.5) is 0 Å². The standard InChI is InChI=1S/C17H30N2O2/c1-4-18-14-16-8-5-6-9-17(16)15-19(11-13-21-3)10-7-12-20-2/h5-6,8-9,18H,4,7,10-15H2,1-3H3. The van der Waals surface area contributed by atoms with E-state index >= 15 is 0 Å². The number of ether oxygens (including phenoxy) is 2. The molecule has 0 saturated carbocycles. The molecule has 21 heavy (non-hydrogen) atoms. The van der Waals surface area contributed by atoms with Gasteiger partial charge in [-0.05, 0) is 24.1 Å². The molecule has 0 unspecified atom stereocenters. The zero-order valence-electron chi connectivity index (χ0n) is 13.7. The van der Waals surface area contributed by atoms with Crippen LogP contribution in [0.2, 0.25) is 0 Å². The second kappa shape index (κ2) is 11.7. The molecule has 0 bridgehead atoms. The van der Waals surface area contributed by atoms with Crippen LogP contribution in [0.3, 0.4) is 0 Å². The molecule has 0 spiro atoms. The quantitative estimate of drug-likeness (QED) is 0.600. The Labute approximate surface area is 129 Å². The van der Waals surface area contributed by atoms with Crippen LogP contribution < -0.4 is 5.32 Å². The van der Waals surface area contributed by atoms with Crippen molar-refractivity contribution in [3.05, 3.63) is 35.4 Å². The molecular weight excluding hydrogens is 264 g/mol. The first-order valence-electron chi connectivity index (χ1n) is 7.79. The summed E-state index contributed by atoms with van der Waals surface area (Å²) in [6, 6.07) is 8.67. The third-order valence-corrected chi connectivity index (χ3v) is 3.51. The zero-order valence-corrected chi connectivity index (χ0v) is 13.7. The lowest BCUT2D eigenvalue weighted by Gasteiger charge is -2.23. The van der Waals surface area contributed by atoms with Crippen LogP contribution in [0.25, 0.3) is 0 Å². The van der Waals surface area contributed by atoms with Crippen molar-refractivity contribution in [1.29, 1.82) is 0 Å². The van der Waals surface area contributed by atoms with E-state index in [1.165, 1.54) is 11.1 Å². The second-order valence-corrected chi connectivity index (χ2v) is 5.16. The Morgan fingerprint density at radius 3 is 2.38 bits per heavy atom. The second-order valence-electron chi connectivity index (χ2n) is 5.16. The molecule has 1 aromatic rings. The first-order chi connectivity index (χ1) is 10.3. The summed E-state index contributed by atoms with van der Waals surface area (Å²) >= 11 is 0. The first kappa shape index (κ1) is 18.1. The summed E-state index contributed by atoms with van der Waals surface area (Å²) in [6.07, 6.45) is 1.05. The average Bonchev–Trinajstić information content (AvgIpc) is 2.51. The molecule has 0 aromatic heterocycles. The van der Waals surface area contributed by atoms with Gasteiger partial charge in [0, 0.05) is 47.0 Å². The Morgan fingerprint density at radius 1 is 1.00 bits per heavy atom. The summed E-state index contributed by atoms with van der Waals surface area (Å²) in [5.74, 6) is 0. The number of hydrogen-bond acceptors (Lipinski definition) is 4. The zero-order chi connectivity index (χ0) is 15.3. The smallest absolute Gasteiger partial charge is 0.0589 e. The third kappa shape index (κ3) is 7.58. The number of hydrogen-bond donors (Lipinski definition) is 1. The molecule has 1 aromatic carbocycles. The lowest BCUT2D eigenvalue weighted by Crippen LogP contribution is -2.29. The fourth-order valence-corrected chi connectivity index (χ4v) is 2.31. The average molecular weight is 294 g/mol. The van der Waals surface area contributed by atoms with Gasteiger partial charge in [0.05, 0.1) is 6.61 Å². The molecular formula is C17H30N2O2. The number of rotatable bonds is 12. The number of benzene rings is 1. The summed E-state index contributed by atoms with van der Waals surface area (Å²) < 4.78 is 10.4. The molecule has 0 fully saturated rings. The van der Waals surface area contributed by atoms with Gasteiger partial charge in [-0.3, -0.25) is 4.90 Å². The van der Waals surface area contributed by atoms with E-state index in [2.05, 4.69) is 41.4 Å². The highest BCUT2D eigenvalue weighted by molar-refractivity contribution is 5.27. The fraction of sp³-hybridized carbons (Fsp3) is 0.647. The summed E-state index contributed by atoms with van der Waals surface area (Å²) in [6.45, 7) is 8.60. The molecule has 0 radical (unpaired) electrons. The minimum absolute atomic E-state index is 0.766. The van der Waals surface area contributed by atoms with Crippen LogP contribution in [0, 0.1) is 0 Å². The normalized spacial score (nSPS) is 11.2. The van der Waals surface area contributed by atoms with Crippen LogP contribution in [-0.2, 0) is 22.6 Å². The van der Waals surface area contributed by atoms with Gasteiger partial charge in [0.2, 0.25) is 0 Å². The predicted octanol–water partition coefficient (Wildman–Crippen LogP) is 2.28. The monoisotopic (exact) mass is 294 g/mol. The number of nitrogens with zero attached hydrogens (tertiary/aromatic N) is 1. The molecule has 0 aliphatic carbocycles. The van der Waals surface area contributed by atoms with Crippen molar-refractivity contribution in [1.82, 2.24) is 10.2 Å². The molecule has 0 amide bonds. The van der Waals surface area contributed by atoms with Crippen molar-refractivity contribution in [3.8, 4) is 0 Å². The maximum absolute atomic E-state index is 5.23. The van der Waals surface area contributed by atoms with Crippen LogP contribution in [0.1, 0.15) is 24.5 Å². The van der Waals surface area contributed by atoms with Gasteiger partial charge in [-0.15, -0.1) is 0 Å². The van der Waals surface area contributed by atoms with Crippen LogP contribution >= 0.6 is 0 Å². The summed E-state index contributed by atoms with van der Waals surface area (Å²) in [7, 11) is 3.51. The molecule has 0 heterocycles. The number of methoxy groups -OCH3 is 2. The molecule has 0 atom stereocenters. The van der Waals surface area contributed by atoms with Crippen LogP contribution in [-0.4, -0.2) is 52.0 Å². The van der Waals surface area contributed by atoms with Crippen molar-refractivity contribution in [2.24, 2.45) is 0 Å². The Bertz CT molecular complexity index is 372. The van der Waals surface area contributed by atoms with E-state index in [4.69, 9.17) is 9.47 Å². The van der Waals surface area contributed by atoms with Gasteiger partial charge in [-0.1, -0.05) is 31.2 Å². The van der Waals surface area contributed by atoms with Crippen molar-refractivity contribution in [3.63, 3.8) is 0 Å². The molecule has 0 saturated heterocycles. The van der Waals surface area contributed by atoms with Crippen molar-refractivity contribution >= 4 is 0 Å². The van der Waals surface area contributed by atoms with Gasteiger partial charge in [0.25, 0.3) is 0 Å². The van der Waals surface area contributed by atoms with E-state index in [1.807, 2.05) is 0 Å². The van der Waals surface area contributed by atoms with E-state index in [0.29, 0.717) is 0 Å². The Morgan fingerprint density at radius 2 is 1.71 bits per heavy atom. The van der Waals surface area contributed by atoms with Gasteiger partial charge < -0.3 is 14.8 Å². The minimum atomic E-state index is 0.766. The van der Waals surface area contributed by atoms with Crippen molar-refractivity contribution < 1.29 is 9.47 Å². The summed E-state index contributed by atoms with van der Waals surface area (Å²) in [4.78, 5) is 2.44. The third-order valence-electron chi connectivity index (χ3n) is 3.51. The summed E-state index contributed by atoms with van der Waals surface area (Å²) in [5, 5.41) is 3.41. The lowest BCUT2D eigenvalue weighted by atomic mass is 10.1. The molecule has 1 rings (SSSR count). The van der Waals surface area contributed by atoms with Gasteiger partial charge >= 0.3 is 0 Å². The van der Waals surface area contributed by atoms with E-state index in [-0.39, 0.29) is 0 Å². The number of nitrogens with one attached hydrogen (secondary N) is 1. The van der Waals surface area contributed by atoms with Gasteiger partial charge in [-0.25, -0.2) is 0 Å². The highest BCUT2D eigenvalue weighted by Crippen LogP contribution is 2.12. The van der Waals surface area contributed by atoms with Crippen LogP contribution in [0.5, 0.6) is 0 Å². The highest BCUT2D eigenvalue weighted by Gasteiger charge is 2.08. The molecule has 0 aliphatic rings. The lowest BCUT2D eigenvalue weighted by molar-refractivity contribution is 0.129. The fourth-order valence-electron chi connectivity index (χ4n) is 2.31. The Kier molecular flexibility index (Phi) is 10.1. The Hall–Kier alpha value is -0.940. The van der Waals surface area contributed by atoms with Gasteiger partial charge in [0.1, 0.15) is 0 Å². The Balaban J connectivity index is 2.62. The maximum Gasteiger partial charge on any atom is 0.0589 e. The first-order valence-corrected chi connectivity index (χ1v) is 7.79.